The van der Waals surface area contributed by atoms with Gasteiger partial charge in [0.2, 0.25) is 5.82 Å². The Hall–Kier alpha value is -7.64. The Kier molecular flexibility index (Phi) is 22.4. The van der Waals surface area contributed by atoms with Crippen LogP contribution in [-0.4, -0.2) is 37.7 Å². The van der Waals surface area contributed by atoms with E-state index >= 15 is 0 Å². The number of carbonyl (C=O) groups is 6. The molecule has 6 aromatic carbocycles. The number of halogens is 14. The van der Waals surface area contributed by atoms with Crippen LogP contribution >= 0.6 is 0 Å². The Morgan fingerprint density at radius 3 is 1.11 bits per heavy atom. The van der Waals surface area contributed by atoms with Gasteiger partial charge in [-0.05, 0) is 66.7 Å². The SMILES string of the molecule is O=Cc1c(F)c(F)c(F)c(F)c1F.O=Cc1c(F)cccc1F.O=Cc1cc(F)cc(F)c1.O=Cc1cc(F)ccc1F.O=Cc1ccc(F)cc1F.O=Cc1cccc(F)c1. The van der Waals surface area contributed by atoms with Gasteiger partial charge in [-0.25, -0.2) is 61.5 Å². The number of aldehydes is 6. The summed E-state index contributed by atoms with van der Waals surface area (Å²) in [5.41, 5.74) is -1.96. The highest BCUT2D eigenvalue weighted by atomic mass is 19.2. The van der Waals surface area contributed by atoms with Gasteiger partial charge in [-0.3, -0.25) is 28.8 Å². The molecule has 0 spiro atoms. The smallest absolute Gasteiger partial charge is 0.200 e. The summed E-state index contributed by atoms with van der Waals surface area (Å²) in [6.07, 6.45) is 1.35. The van der Waals surface area contributed by atoms with Gasteiger partial charge >= 0.3 is 0 Å². The van der Waals surface area contributed by atoms with Crippen molar-refractivity contribution in [2.75, 3.05) is 0 Å². The summed E-state index contributed by atoms with van der Waals surface area (Å²) in [5.74, 6) is -17.1. The molecular formula is C42H22F14O6. The Labute approximate surface area is 339 Å². The molecular weight excluding hydrogens is 866 g/mol. The van der Waals surface area contributed by atoms with E-state index < -0.39 is 93.0 Å². The van der Waals surface area contributed by atoms with Gasteiger partial charge in [-0.1, -0.05) is 18.2 Å². The van der Waals surface area contributed by atoms with Gasteiger partial charge in [0.05, 0.1) is 22.3 Å². The molecule has 0 amide bonds. The van der Waals surface area contributed by atoms with Crippen molar-refractivity contribution in [2.24, 2.45) is 0 Å². The molecule has 0 aliphatic heterocycles. The van der Waals surface area contributed by atoms with Crippen LogP contribution in [0.15, 0.2) is 97.1 Å². The summed E-state index contributed by atoms with van der Waals surface area (Å²) in [6.45, 7) is 0. The molecule has 0 saturated heterocycles. The maximum atomic E-state index is 12.5. The molecule has 0 N–H and O–H groups in total. The van der Waals surface area contributed by atoms with Crippen molar-refractivity contribution < 1.29 is 90.2 Å². The van der Waals surface area contributed by atoms with Crippen LogP contribution in [0.1, 0.15) is 62.1 Å². The molecule has 6 rings (SSSR count). The van der Waals surface area contributed by atoms with Gasteiger partial charge < -0.3 is 0 Å². The first-order valence-electron chi connectivity index (χ1n) is 16.1. The molecule has 0 fully saturated rings. The Morgan fingerprint density at radius 2 is 0.710 bits per heavy atom. The van der Waals surface area contributed by atoms with E-state index in [1.54, 1.807) is 6.07 Å². The normalized spacial score (nSPS) is 9.52. The minimum Gasteiger partial charge on any atom is -0.298 e. The fourth-order valence-electron chi connectivity index (χ4n) is 3.77. The average Bonchev–Trinajstić information content (AvgIpc) is 3.24. The summed E-state index contributed by atoms with van der Waals surface area (Å²) < 4.78 is 172. The van der Waals surface area contributed by atoms with E-state index in [0.717, 1.165) is 54.6 Å². The monoisotopic (exact) mass is 888 g/mol. The third-order valence-corrected chi connectivity index (χ3v) is 6.66. The predicted octanol–water partition coefficient (Wildman–Crippen LogP) is 10.9. The second-order valence-corrected chi connectivity index (χ2v) is 10.9. The minimum atomic E-state index is -2.28. The number of benzene rings is 6. The summed E-state index contributed by atoms with van der Waals surface area (Å²) in [7, 11) is 0. The largest absolute Gasteiger partial charge is 0.298 e. The van der Waals surface area contributed by atoms with E-state index in [1.807, 2.05) is 0 Å². The van der Waals surface area contributed by atoms with Crippen LogP contribution in [0.4, 0.5) is 61.5 Å². The average molecular weight is 889 g/mol. The summed E-state index contributed by atoms with van der Waals surface area (Å²) in [5, 5.41) is 0. The molecule has 0 aromatic heterocycles. The first-order chi connectivity index (χ1) is 29.3. The lowest BCUT2D eigenvalue weighted by molar-refractivity contribution is 0.110. The molecule has 62 heavy (non-hydrogen) atoms. The highest BCUT2D eigenvalue weighted by Gasteiger charge is 2.25. The Morgan fingerprint density at radius 1 is 0.274 bits per heavy atom. The van der Waals surface area contributed by atoms with Gasteiger partial charge in [0, 0.05) is 23.3 Å². The third-order valence-electron chi connectivity index (χ3n) is 6.66. The van der Waals surface area contributed by atoms with Crippen LogP contribution in [0.25, 0.3) is 0 Å². The molecule has 0 heterocycles. The first kappa shape index (κ1) is 52.4. The maximum absolute atomic E-state index is 12.5. The van der Waals surface area contributed by atoms with E-state index in [9.17, 15) is 90.2 Å². The van der Waals surface area contributed by atoms with Crippen LogP contribution in [0.3, 0.4) is 0 Å². The van der Waals surface area contributed by atoms with Crippen LogP contribution in [0.5, 0.6) is 0 Å². The zero-order valence-electron chi connectivity index (χ0n) is 30.4. The molecule has 6 nitrogen and oxygen atoms in total. The zero-order chi connectivity index (χ0) is 47.1. The number of rotatable bonds is 6. The van der Waals surface area contributed by atoms with Crippen molar-refractivity contribution in [1.29, 1.82) is 0 Å². The lowest BCUT2D eigenvalue weighted by Crippen LogP contribution is -2.05. The topological polar surface area (TPSA) is 102 Å². The maximum Gasteiger partial charge on any atom is 0.200 e. The summed E-state index contributed by atoms with van der Waals surface area (Å²) >= 11 is 0. The lowest BCUT2D eigenvalue weighted by Gasteiger charge is -2.01. The zero-order valence-corrected chi connectivity index (χ0v) is 30.4. The standard InChI is InChI=1S/C7HF5O.4C7H4F2O.C7H5FO/c8-3-2(1-13)4(9)6(11)7(12)5(3)10;8-6-1-5(4-10)2-7(9)3-6;8-6-1-2-7(9)5(3-6)4-10;8-6-2-1-5(4-10)7(9)3-6;8-6-2-1-3-7(9)5(6)4-10;8-7-3-1-2-6(4-7)5-9/h1H;4*1-4H;1-5H. The van der Waals surface area contributed by atoms with E-state index in [4.69, 9.17) is 0 Å². The number of hydrogen-bond donors (Lipinski definition) is 0. The summed E-state index contributed by atoms with van der Waals surface area (Å²) in [4.78, 5) is 59.8. The second kappa shape index (κ2) is 26.5. The van der Waals surface area contributed by atoms with Crippen molar-refractivity contribution in [3.8, 4) is 0 Å². The minimum absolute atomic E-state index is 0.0116. The molecule has 0 unspecified atom stereocenters. The molecule has 0 aliphatic carbocycles. The van der Waals surface area contributed by atoms with E-state index in [1.165, 1.54) is 24.3 Å². The third kappa shape index (κ3) is 16.9. The van der Waals surface area contributed by atoms with Gasteiger partial charge in [0.1, 0.15) is 64.9 Å². The molecule has 0 radical (unpaired) electrons. The number of hydrogen-bond acceptors (Lipinski definition) is 6. The quantitative estimate of drug-likeness (QED) is 0.0714. The van der Waals surface area contributed by atoms with Crippen molar-refractivity contribution in [2.45, 2.75) is 0 Å². The van der Waals surface area contributed by atoms with Gasteiger partial charge in [-0.2, -0.15) is 0 Å². The fraction of sp³-hybridized carbons (Fsp3) is 0. The lowest BCUT2D eigenvalue weighted by atomic mass is 10.2. The Bertz CT molecular complexity index is 2440. The van der Waals surface area contributed by atoms with Crippen molar-refractivity contribution in [1.82, 2.24) is 0 Å². The van der Waals surface area contributed by atoms with Crippen LogP contribution in [0.2, 0.25) is 0 Å². The fourth-order valence-corrected chi connectivity index (χ4v) is 3.77. The van der Waals surface area contributed by atoms with Crippen LogP contribution in [0, 0.1) is 81.4 Å². The van der Waals surface area contributed by atoms with E-state index in [-0.39, 0.29) is 35.1 Å². The van der Waals surface area contributed by atoms with Gasteiger partial charge in [0.25, 0.3) is 0 Å². The molecule has 0 aliphatic rings. The van der Waals surface area contributed by atoms with Crippen molar-refractivity contribution in [3.05, 3.63) is 212 Å². The number of carbonyl (C=O) groups excluding carboxylic acids is 6. The molecule has 6 aromatic rings. The van der Waals surface area contributed by atoms with Gasteiger partial charge in [0.15, 0.2) is 48.4 Å². The second-order valence-electron chi connectivity index (χ2n) is 10.9. The van der Waals surface area contributed by atoms with Crippen LogP contribution < -0.4 is 0 Å². The van der Waals surface area contributed by atoms with Crippen molar-refractivity contribution in [3.63, 3.8) is 0 Å². The Balaban J connectivity index is 0.000000373. The molecule has 0 bridgehead atoms. The van der Waals surface area contributed by atoms with Gasteiger partial charge in [-0.15, -0.1) is 0 Å². The van der Waals surface area contributed by atoms with Crippen LogP contribution in [-0.2, 0) is 0 Å². The predicted molar refractivity (Wildman–Crippen MR) is 190 cm³/mol. The van der Waals surface area contributed by atoms with Crippen molar-refractivity contribution >= 4 is 37.7 Å². The molecule has 0 atom stereocenters. The summed E-state index contributed by atoms with van der Waals surface area (Å²) in [6, 6.07) is 17.0. The first-order valence-corrected chi connectivity index (χ1v) is 16.1. The molecule has 0 saturated carbocycles. The van der Waals surface area contributed by atoms with E-state index in [2.05, 4.69) is 0 Å². The highest BCUT2D eigenvalue weighted by Crippen LogP contribution is 2.21. The molecule has 324 valence electrons. The van der Waals surface area contributed by atoms with E-state index in [0.29, 0.717) is 36.6 Å². The molecule has 20 heteroatoms. The highest BCUT2D eigenvalue weighted by molar-refractivity contribution is 5.77.